The SMILES string of the molecule is CC(CC#N)N(C)C(=O)c1cccc(NC(=O)C2CCCCC2)c1. The molecule has 1 aliphatic carbocycles. The molecule has 1 unspecified atom stereocenters. The minimum absolute atomic E-state index is 0.0468. The van der Waals surface area contributed by atoms with Gasteiger partial charge in [-0.2, -0.15) is 5.26 Å². The Bertz CT molecular complexity index is 630. The van der Waals surface area contributed by atoms with Crippen LogP contribution in [0.4, 0.5) is 5.69 Å². The number of hydrogen-bond donors (Lipinski definition) is 1. The van der Waals surface area contributed by atoms with Crippen LogP contribution in [-0.2, 0) is 4.79 Å². The van der Waals surface area contributed by atoms with E-state index in [4.69, 9.17) is 5.26 Å². The van der Waals surface area contributed by atoms with Crippen molar-refractivity contribution in [3.05, 3.63) is 29.8 Å². The first-order valence-corrected chi connectivity index (χ1v) is 8.58. The van der Waals surface area contributed by atoms with Crippen LogP contribution in [-0.4, -0.2) is 29.8 Å². The van der Waals surface area contributed by atoms with Crippen LogP contribution in [0.25, 0.3) is 0 Å². The summed E-state index contributed by atoms with van der Waals surface area (Å²) in [6.07, 6.45) is 5.61. The lowest BCUT2D eigenvalue weighted by Gasteiger charge is -2.23. The Morgan fingerprint density at radius 3 is 2.71 bits per heavy atom. The van der Waals surface area contributed by atoms with Gasteiger partial charge >= 0.3 is 0 Å². The van der Waals surface area contributed by atoms with Crippen molar-refractivity contribution in [3.63, 3.8) is 0 Å². The second-order valence-electron chi connectivity index (χ2n) is 6.53. The van der Waals surface area contributed by atoms with E-state index < -0.39 is 0 Å². The fraction of sp³-hybridized carbons (Fsp3) is 0.526. The number of carbonyl (C=O) groups is 2. The maximum absolute atomic E-state index is 12.5. The highest BCUT2D eigenvalue weighted by Crippen LogP contribution is 2.25. The molecule has 0 radical (unpaired) electrons. The molecule has 5 nitrogen and oxygen atoms in total. The summed E-state index contributed by atoms with van der Waals surface area (Å²) in [6.45, 7) is 1.84. The Hall–Kier alpha value is -2.35. The van der Waals surface area contributed by atoms with Gasteiger partial charge in [-0.1, -0.05) is 25.3 Å². The molecule has 0 saturated heterocycles. The van der Waals surface area contributed by atoms with Crippen molar-refractivity contribution in [2.75, 3.05) is 12.4 Å². The molecule has 0 spiro atoms. The largest absolute Gasteiger partial charge is 0.338 e. The highest BCUT2D eigenvalue weighted by Gasteiger charge is 2.22. The normalized spacial score (nSPS) is 16.0. The summed E-state index contributed by atoms with van der Waals surface area (Å²) >= 11 is 0. The second kappa shape index (κ2) is 8.49. The van der Waals surface area contributed by atoms with Crippen LogP contribution in [0.3, 0.4) is 0 Å². The molecular weight excluding hydrogens is 302 g/mol. The van der Waals surface area contributed by atoms with E-state index >= 15 is 0 Å². The van der Waals surface area contributed by atoms with Crippen molar-refractivity contribution in [2.24, 2.45) is 5.92 Å². The van der Waals surface area contributed by atoms with Crippen LogP contribution in [0.5, 0.6) is 0 Å². The van der Waals surface area contributed by atoms with Gasteiger partial charge in [-0.15, -0.1) is 0 Å². The molecule has 1 atom stereocenters. The van der Waals surface area contributed by atoms with Gasteiger partial charge in [0.2, 0.25) is 5.91 Å². The van der Waals surface area contributed by atoms with Crippen molar-refractivity contribution >= 4 is 17.5 Å². The third kappa shape index (κ3) is 4.58. The van der Waals surface area contributed by atoms with Crippen molar-refractivity contribution < 1.29 is 9.59 Å². The fourth-order valence-electron chi connectivity index (χ4n) is 3.01. The van der Waals surface area contributed by atoms with Gasteiger partial charge in [0.05, 0.1) is 12.5 Å². The number of anilines is 1. The molecule has 1 aromatic carbocycles. The number of benzene rings is 1. The number of nitrogens with zero attached hydrogens (tertiary/aromatic N) is 2. The van der Waals surface area contributed by atoms with Gasteiger partial charge in [0, 0.05) is 30.3 Å². The Morgan fingerprint density at radius 2 is 2.04 bits per heavy atom. The molecule has 2 amide bonds. The van der Waals surface area contributed by atoms with E-state index in [1.165, 1.54) is 6.42 Å². The summed E-state index contributed by atoms with van der Waals surface area (Å²) in [5.74, 6) is -0.0200. The van der Waals surface area contributed by atoms with Crippen molar-refractivity contribution in [1.29, 1.82) is 5.26 Å². The number of hydrogen-bond acceptors (Lipinski definition) is 3. The molecule has 0 heterocycles. The van der Waals surface area contributed by atoms with Gasteiger partial charge < -0.3 is 10.2 Å². The monoisotopic (exact) mass is 327 g/mol. The first kappa shape index (κ1) is 18.0. The molecule has 1 saturated carbocycles. The van der Waals surface area contributed by atoms with Crippen molar-refractivity contribution in [1.82, 2.24) is 4.90 Å². The van der Waals surface area contributed by atoms with Crippen LogP contribution < -0.4 is 5.32 Å². The third-order valence-corrected chi connectivity index (χ3v) is 4.72. The van der Waals surface area contributed by atoms with Crippen molar-refractivity contribution in [2.45, 2.75) is 51.5 Å². The minimum atomic E-state index is -0.150. The summed E-state index contributed by atoms with van der Waals surface area (Å²) in [7, 11) is 1.69. The van der Waals surface area contributed by atoms with Gasteiger partial charge in [0.25, 0.3) is 5.91 Å². The van der Waals surface area contributed by atoms with E-state index in [2.05, 4.69) is 11.4 Å². The molecule has 2 rings (SSSR count). The average Bonchev–Trinajstić information content (AvgIpc) is 2.61. The van der Waals surface area contributed by atoms with Crippen LogP contribution >= 0.6 is 0 Å². The lowest BCUT2D eigenvalue weighted by Crippen LogP contribution is -2.34. The van der Waals surface area contributed by atoms with E-state index in [1.807, 2.05) is 6.92 Å². The number of carbonyl (C=O) groups excluding carboxylic acids is 2. The Morgan fingerprint density at radius 1 is 1.33 bits per heavy atom. The topological polar surface area (TPSA) is 73.2 Å². The van der Waals surface area contributed by atoms with E-state index in [0.29, 0.717) is 17.7 Å². The van der Waals surface area contributed by atoms with E-state index in [0.717, 1.165) is 25.7 Å². The lowest BCUT2D eigenvalue weighted by molar-refractivity contribution is -0.120. The standard InChI is InChI=1S/C19H25N3O2/c1-14(11-12-20)22(2)19(24)16-9-6-10-17(13-16)21-18(23)15-7-4-3-5-8-15/h6,9-10,13-15H,3-5,7-8,11H2,1-2H3,(H,21,23). The molecule has 0 aliphatic heterocycles. The Kier molecular flexibility index (Phi) is 6.36. The van der Waals surface area contributed by atoms with E-state index in [9.17, 15) is 9.59 Å². The highest BCUT2D eigenvalue weighted by molar-refractivity contribution is 5.97. The zero-order valence-corrected chi connectivity index (χ0v) is 14.4. The van der Waals surface area contributed by atoms with E-state index in [-0.39, 0.29) is 23.8 Å². The maximum Gasteiger partial charge on any atom is 0.253 e. The molecule has 5 heteroatoms. The number of nitrogens with one attached hydrogen (secondary N) is 1. The summed E-state index contributed by atoms with van der Waals surface area (Å²) in [6, 6.07) is 8.94. The summed E-state index contributed by atoms with van der Waals surface area (Å²) < 4.78 is 0. The molecule has 24 heavy (non-hydrogen) atoms. The fourth-order valence-corrected chi connectivity index (χ4v) is 3.01. The first-order valence-electron chi connectivity index (χ1n) is 8.58. The van der Waals surface area contributed by atoms with Crippen molar-refractivity contribution in [3.8, 4) is 6.07 Å². The summed E-state index contributed by atoms with van der Waals surface area (Å²) in [4.78, 5) is 26.4. The number of amides is 2. The lowest BCUT2D eigenvalue weighted by atomic mass is 9.88. The molecule has 128 valence electrons. The van der Waals surface area contributed by atoms with Gasteiger partial charge in [0.15, 0.2) is 0 Å². The molecule has 0 aromatic heterocycles. The zero-order valence-electron chi connectivity index (χ0n) is 14.4. The molecule has 1 fully saturated rings. The Balaban J connectivity index is 2.04. The van der Waals surface area contributed by atoms with Crippen LogP contribution in [0.1, 0.15) is 55.8 Å². The molecule has 0 bridgehead atoms. The third-order valence-electron chi connectivity index (χ3n) is 4.72. The van der Waals surface area contributed by atoms with Gasteiger partial charge in [-0.05, 0) is 38.0 Å². The summed E-state index contributed by atoms with van der Waals surface area (Å²) in [5.41, 5.74) is 1.17. The number of nitriles is 1. The minimum Gasteiger partial charge on any atom is -0.338 e. The van der Waals surface area contributed by atoms with Gasteiger partial charge in [-0.25, -0.2) is 0 Å². The molecular formula is C19H25N3O2. The van der Waals surface area contributed by atoms with E-state index in [1.54, 1.807) is 36.2 Å². The summed E-state index contributed by atoms with van der Waals surface area (Å²) in [5, 5.41) is 11.7. The molecule has 1 N–H and O–H groups in total. The van der Waals surface area contributed by atoms with Gasteiger partial charge in [0.1, 0.15) is 0 Å². The zero-order chi connectivity index (χ0) is 17.5. The molecule has 1 aliphatic rings. The Labute approximate surface area is 143 Å². The number of rotatable bonds is 5. The highest BCUT2D eigenvalue weighted by atomic mass is 16.2. The smallest absolute Gasteiger partial charge is 0.253 e. The van der Waals surface area contributed by atoms with Crippen LogP contribution in [0, 0.1) is 17.2 Å². The first-order chi connectivity index (χ1) is 11.5. The second-order valence-corrected chi connectivity index (χ2v) is 6.53. The van der Waals surface area contributed by atoms with Crippen LogP contribution in [0.15, 0.2) is 24.3 Å². The molecule has 1 aromatic rings. The van der Waals surface area contributed by atoms with Crippen LogP contribution in [0.2, 0.25) is 0 Å². The predicted molar refractivity (Wildman–Crippen MR) is 93.4 cm³/mol. The van der Waals surface area contributed by atoms with Gasteiger partial charge in [-0.3, -0.25) is 9.59 Å². The maximum atomic E-state index is 12.5. The average molecular weight is 327 g/mol. The predicted octanol–water partition coefficient (Wildman–Crippen LogP) is 3.58. The quantitative estimate of drug-likeness (QED) is 0.898.